The molecule has 0 unspecified atom stereocenters. The first-order chi connectivity index (χ1) is 33.8. The van der Waals surface area contributed by atoms with E-state index >= 15 is 0 Å². The molecular formula is C66H51B3. The van der Waals surface area contributed by atoms with Crippen molar-refractivity contribution in [2.75, 3.05) is 0 Å². The quantitative estimate of drug-likeness (QED) is 0.107. The van der Waals surface area contributed by atoms with E-state index in [1.807, 2.05) is 0 Å². The predicted octanol–water partition coefficient (Wildman–Crippen LogP) is 7.97. The molecule has 10 aromatic rings. The summed E-state index contributed by atoms with van der Waals surface area (Å²) in [7, 11) is 0. The molecule has 0 N–H and O–H groups in total. The Bertz CT molecular complexity index is 4110. The highest BCUT2D eigenvalue weighted by atomic mass is 14.4. The minimum atomic E-state index is 0.215. The van der Waals surface area contributed by atoms with Crippen LogP contribution in [0.2, 0.25) is 0 Å². The van der Waals surface area contributed by atoms with Gasteiger partial charge in [-0.3, -0.25) is 0 Å². The van der Waals surface area contributed by atoms with Crippen LogP contribution in [0.4, 0.5) is 0 Å². The van der Waals surface area contributed by atoms with Crippen molar-refractivity contribution < 1.29 is 0 Å². The highest BCUT2D eigenvalue weighted by Crippen LogP contribution is 2.48. The highest BCUT2D eigenvalue weighted by molar-refractivity contribution is 6.99. The van der Waals surface area contributed by atoms with Crippen LogP contribution < -0.4 is 49.2 Å². The molecule has 16 rings (SSSR count). The van der Waals surface area contributed by atoms with Gasteiger partial charge in [-0.25, -0.2) is 0 Å². The molecule has 0 spiro atoms. The van der Waals surface area contributed by atoms with Crippen molar-refractivity contribution in [2.45, 2.75) is 80.1 Å². The van der Waals surface area contributed by atoms with Crippen LogP contribution in [-0.2, 0) is 38.5 Å². The van der Waals surface area contributed by atoms with E-state index < -0.39 is 0 Å². The molecule has 69 heavy (non-hydrogen) atoms. The molecule has 6 heterocycles. The van der Waals surface area contributed by atoms with Gasteiger partial charge in [0.05, 0.1) is 0 Å². The third-order valence-corrected chi connectivity index (χ3v) is 19.3. The second-order valence-corrected chi connectivity index (χ2v) is 22.1. The normalized spacial score (nSPS) is 15.0. The van der Waals surface area contributed by atoms with Gasteiger partial charge in [0.2, 0.25) is 20.1 Å². The predicted molar refractivity (Wildman–Crippen MR) is 297 cm³/mol. The second kappa shape index (κ2) is 13.5. The van der Waals surface area contributed by atoms with Crippen LogP contribution in [0.1, 0.15) is 100 Å². The Hall–Kier alpha value is -6.83. The molecule has 0 saturated heterocycles. The Morgan fingerprint density at radius 3 is 0.913 bits per heavy atom. The number of fused-ring (bicyclic) bond motifs is 20. The van der Waals surface area contributed by atoms with Crippen LogP contribution in [0.25, 0.3) is 32.3 Å². The first kappa shape index (κ1) is 39.1. The Morgan fingerprint density at radius 2 is 0.522 bits per heavy atom. The van der Waals surface area contributed by atoms with Gasteiger partial charge >= 0.3 is 0 Å². The van der Waals surface area contributed by atoms with Crippen molar-refractivity contribution in [1.82, 2.24) is 0 Å². The lowest BCUT2D eigenvalue weighted by molar-refractivity contribution is 1.13. The Balaban J connectivity index is 1.13. The monoisotopic (exact) mass is 876 g/mol. The molecule has 0 aromatic heterocycles. The van der Waals surface area contributed by atoms with Gasteiger partial charge in [-0.1, -0.05) is 188 Å². The fraction of sp³-hybridized carbons (Fsp3) is 0.182. The summed E-state index contributed by atoms with van der Waals surface area (Å²) in [6.45, 7) is 15.8. The largest absolute Gasteiger partial charge is 0.243 e. The molecule has 6 aliphatic rings. The maximum atomic E-state index is 2.57. The van der Waals surface area contributed by atoms with E-state index in [0.29, 0.717) is 0 Å². The molecule has 0 aliphatic carbocycles. The maximum Gasteiger partial charge on any atom is 0.243 e. The smallest absolute Gasteiger partial charge is 0.0667 e. The molecule has 0 bridgehead atoms. The lowest BCUT2D eigenvalue weighted by Gasteiger charge is -2.39. The molecule has 6 aliphatic heterocycles. The van der Waals surface area contributed by atoms with Crippen LogP contribution in [0.3, 0.4) is 0 Å². The summed E-state index contributed by atoms with van der Waals surface area (Å²) in [5, 5.41) is 9.13. The van der Waals surface area contributed by atoms with Gasteiger partial charge in [-0.05, 0) is 201 Å². The summed E-state index contributed by atoms with van der Waals surface area (Å²) in [6, 6.07) is 50.0. The van der Waals surface area contributed by atoms with Crippen LogP contribution >= 0.6 is 0 Å². The highest BCUT2D eigenvalue weighted by Gasteiger charge is 2.44. The van der Waals surface area contributed by atoms with E-state index in [9.17, 15) is 0 Å². The SMILES string of the molecule is Cc1c2c(c3c(c1C)c1c(C)c(C)c4c(c1c1c(C)c5c(c(C)c13)Cc1cccc3c1B5c1ccccc1C3)Cc1cccc3c1B4c1ccccc1C3)Cc1cccc3c1B2c1ccccc1C3. The number of benzene rings is 10. The molecule has 0 nitrogen and oxygen atoms in total. The number of hydrogen-bond donors (Lipinski definition) is 0. The third kappa shape index (κ3) is 4.76. The second-order valence-electron chi connectivity index (χ2n) is 22.1. The Kier molecular flexibility index (Phi) is 7.63. The minimum Gasteiger partial charge on any atom is -0.0667 e. The van der Waals surface area contributed by atoms with Gasteiger partial charge in [-0.15, -0.1) is 0 Å². The molecule has 0 atom stereocenters. The summed E-state index contributed by atoms with van der Waals surface area (Å²) in [6.07, 6.45) is 5.95. The zero-order valence-corrected chi connectivity index (χ0v) is 40.6. The van der Waals surface area contributed by atoms with Gasteiger partial charge < -0.3 is 0 Å². The molecule has 0 saturated carbocycles. The zero-order valence-electron chi connectivity index (χ0n) is 40.6. The maximum absolute atomic E-state index is 2.57. The summed E-state index contributed by atoms with van der Waals surface area (Å²) in [5.41, 5.74) is 41.2. The number of hydrogen-bond acceptors (Lipinski definition) is 0. The average molecular weight is 877 g/mol. The average Bonchev–Trinajstić information content (AvgIpc) is 3.37. The van der Waals surface area contributed by atoms with Gasteiger partial charge in [0.1, 0.15) is 0 Å². The van der Waals surface area contributed by atoms with Gasteiger partial charge in [0.15, 0.2) is 0 Å². The van der Waals surface area contributed by atoms with E-state index in [0.717, 1.165) is 38.5 Å². The standard InChI is InChI=1S/C66H51B3/c1-34-36(3)61-50(32-47-23-14-20-44-28-40-16-7-10-25-52(40)67(61)65(44)47)59-55(34)56-35(2)37(4)62-51(33-48-24-15-21-45-29-41-17-8-11-26-53(41)68(62)66(45)48)60(56)58-39(6)63-49(38(5)57(58)59)31-46-22-13-19-43-30-42-18-9-12-27-54(42)69(63)64(43)46/h7-27H,28-33H2,1-6H3. The molecular weight excluding hydrogens is 825 g/mol. The summed E-state index contributed by atoms with van der Waals surface area (Å²) in [5.74, 6) is 0. The molecule has 3 heteroatoms. The molecule has 0 fully saturated rings. The Labute approximate surface area is 407 Å². The van der Waals surface area contributed by atoms with Crippen molar-refractivity contribution in [1.29, 1.82) is 0 Å². The van der Waals surface area contributed by atoms with Crippen molar-refractivity contribution in [3.05, 3.63) is 228 Å². The first-order valence-corrected chi connectivity index (χ1v) is 25.8. The Morgan fingerprint density at radius 1 is 0.232 bits per heavy atom. The van der Waals surface area contributed by atoms with E-state index in [1.165, 1.54) is 132 Å². The van der Waals surface area contributed by atoms with Gasteiger partial charge in [0, 0.05) is 0 Å². The van der Waals surface area contributed by atoms with Crippen LogP contribution in [0, 0.1) is 41.5 Å². The molecule has 10 aromatic carbocycles. The minimum absolute atomic E-state index is 0.215. The van der Waals surface area contributed by atoms with Crippen LogP contribution in [0.5, 0.6) is 0 Å². The third-order valence-electron chi connectivity index (χ3n) is 19.3. The van der Waals surface area contributed by atoms with Crippen molar-refractivity contribution in [3.8, 4) is 0 Å². The summed E-state index contributed by atoms with van der Waals surface area (Å²) in [4.78, 5) is 0. The van der Waals surface area contributed by atoms with Gasteiger partial charge in [-0.2, -0.15) is 0 Å². The van der Waals surface area contributed by atoms with E-state index in [2.05, 4.69) is 169 Å². The molecule has 0 radical (unpaired) electrons. The fourth-order valence-corrected chi connectivity index (χ4v) is 16.4. The van der Waals surface area contributed by atoms with E-state index in [-0.39, 0.29) is 20.1 Å². The summed E-state index contributed by atoms with van der Waals surface area (Å²) < 4.78 is 0. The lowest BCUT2D eigenvalue weighted by atomic mass is 9.29. The topological polar surface area (TPSA) is 0 Å². The van der Waals surface area contributed by atoms with E-state index in [1.54, 1.807) is 49.5 Å². The van der Waals surface area contributed by atoms with Crippen LogP contribution in [0.15, 0.2) is 127 Å². The first-order valence-electron chi connectivity index (χ1n) is 25.8. The molecule has 0 amide bonds. The lowest BCUT2D eigenvalue weighted by Crippen LogP contribution is -2.62. The molecule has 324 valence electrons. The fourth-order valence-electron chi connectivity index (χ4n) is 16.4. The number of rotatable bonds is 0. The van der Waals surface area contributed by atoms with E-state index in [4.69, 9.17) is 0 Å². The summed E-state index contributed by atoms with van der Waals surface area (Å²) >= 11 is 0. The van der Waals surface area contributed by atoms with Crippen molar-refractivity contribution in [3.63, 3.8) is 0 Å². The van der Waals surface area contributed by atoms with Crippen molar-refractivity contribution >= 4 is 102 Å². The zero-order chi connectivity index (χ0) is 45.9. The van der Waals surface area contributed by atoms with Crippen LogP contribution in [-0.4, -0.2) is 20.1 Å². The van der Waals surface area contributed by atoms with Gasteiger partial charge in [0.25, 0.3) is 0 Å². The van der Waals surface area contributed by atoms with Crippen molar-refractivity contribution in [2.24, 2.45) is 0 Å². The number of aryl methyl sites for hydroxylation is 4.